The molecule has 1 saturated heterocycles. The fourth-order valence-corrected chi connectivity index (χ4v) is 8.52. The van der Waals surface area contributed by atoms with Crippen LogP contribution in [0.4, 0.5) is 11.4 Å². The van der Waals surface area contributed by atoms with Crippen molar-refractivity contribution in [2.45, 2.75) is 36.6 Å². The van der Waals surface area contributed by atoms with Gasteiger partial charge in [0.05, 0.1) is 16.6 Å². The number of carbonyl (C=O) groups is 3. The molecular weight excluding hydrogens is 610 g/mol. The van der Waals surface area contributed by atoms with Crippen molar-refractivity contribution in [3.05, 3.63) is 109 Å². The van der Waals surface area contributed by atoms with Crippen LogP contribution < -0.4 is 15.1 Å². The predicted octanol–water partition coefficient (Wildman–Crippen LogP) is 5.72. The van der Waals surface area contributed by atoms with Gasteiger partial charge in [0, 0.05) is 21.0 Å². The number of aromatic nitrogens is 1. The maximum atomic E-state index is 13.9. The molecule has 0 radical (unpaired) electrons. The van der Waals surface area contributed by atoms with Crippen molar-refractivity contribution in [3.63, 3.8) is 0 Å². The molecular formula is C30H24BrN3O4S2. The summed E-state index contributed by atoms with van der Waals surface area (Å²) in [5.74, 6) is -2.14. The quantitative estimate of drug-likeness (QED) is 0.284. The summed E-state index contributed by atoms with van der Waals surface area (Å²) in [7, 11) is 0. The first kappa shape index (κ1) is 26.7. The lowest BCUT2D eigenvalue weighted by Crippen LogP contribution is -2.33. The fraction of sp³-hybridized carbons (Fsp3) is 0.200. The molecule has 0 spiro atoms. The zero-order valence-electron chi connectivity index (χ0n) is 21.6. The maximum absolute atomic E-state index is 13.9. The zero-order valence-corrected chi connectivity index (χ0v) is 24.8. The van der Waals surface area contributed by atoms with Gasteiger partial charge in [0.15, 0.2) is 0 Å². The number of amides is 3. The highest BCUT2D eigenvalue weighted by atomic mass is 79.9. The number of rotatable bonds is 5. The van der Waals surface area contributed by atoms with Crippen LogP contribution in [0.1, 0.15) is 27.5 Å². The summed E-state index contributed by atoms with van der Waals surface area (Å²) in [5, 5.41) is 2.69. The largest absolute Gasteiger partial charge is 0.325 e. The van der Waals surface area contributed by atoms with E-state index in [2.05, 4.69) is 21.2 Å². The lowest BCUT2D eigenvalue weighted by atomic mass is 9.83. The van der Waals surface area contributed by atoms with Gasteiger partial charge in [-0.3, -0.25) is 23.7 Å². The minimum atomic E-state index is -0.731. The molecule has 6 rings (SSSR count). The van der Waals surface area contributed by atoms with Gasteiger partial charge in [-0.1, -0.05) is 81.0 Å². The molecule has 0 unspecified atom stereocenters. The van der Waals surface area contributed by atoms with Crippen molar-refractivity contribution >= 4 is 68.1 Å². The van der Waals surface area contributed by atoms with E-state index >= 15 is 0 Å². The average Bonchev–Trinajstić information content (AvgIpc) is 3.35. The molecule has 0 aliphatic carbocycles. The minimum absolute atomic E-state index is 0.196. The molecule has 40 heavy (non-hydrogen) atoms. The summed E-state index contributed by atoms with van der Waals surface area (Å²) in [4.78, 5) is 55.8. The van der Waals surface area contributed by atoms with Crippen molar-refractivity contribution in [1.29, 1.82) is 0 Å². The number of nitrogens with zero attached hydrogens (tertiary/aromatic N) is 2. The number of hydrogen-bond donors (Lipinski definition) is 1. The van der Waals surface area contributed by atoms with Gasteiger partial charge in [0.1, 0.15) is 11.8 Å². The van der Waals surface area contributed by atoms with E-state index in [1.54, 1.807) is 18.2 Å². The number of anilines is 2. The second-order valence-corrected chi connectivity index (χ2v) is 13.0. The van der Waals surface area contributed by atoms with Gasteiger partial charge in [-0.15, -0.1) is 0 Å². The molecule has 3 amide bonds. The lowest BCUT2D eigenvalue weighted by Gasteiger charge is -2.30. The van der Waals surface area contributed by atoms with Gasteiger partial charge < -0.3 is 5.32 Å². The number of fused-ring (bicyclic) bond motifs is 2. The van der Waals surface area contributed by atoms with Crippen LogP contribution in [0.2, 0.25) is 0 Å². The van der Waals surface area contributed by atoms with Crippen LogP contribution in [0.15, 0.2) is 87.1 Å². The average molecular weight is 635 g/mol. The van der Waals surface area contributed by atoms with Crippen molar-refractivity contribution in [2.24, 2.45) is 5.92 Å². The molecule has 3 heterocycles. The number of aryl methyl sites for hydroxylation is 2. The van der Waals surface area contributed by atoms with Crippen LogP contribution in [-0.4, -0.2) is 27.5 Å². The standard InChI is InChI=1S/C30H24BrN3O4S2/c1-16-9-11-21(12-10-16)34-27(36)24-23(18-6-4-7-19(31)14-18)26-29(39-25(24)28(34)37)33(30(38)40-26)15-22(35)32-20-8-3-5-17(2)13-20/h3-14,23-25H,15H2,1-2H3,(H,32,35)/t23-,24-,25+/m0/s1. The van der Waals surface area contributed by atoms with Crippen LogP contribution in [0.25, 0.3) is 0 Å². The topological polar surface area (TPSA) is 88.5 Å². The summed E-state index contributed by atoms with van der Waals surface area (Å²) in [6.45, 7) is 3.69. The highest BCUT2D eigenvalue weighted by Gasteiger charge is 2.56. The van der Waals surface area contributed by atoms with E-state index < -0.39 is 17.1 Å². The molecule has 1 aromatic heterocycles. The van der Waals surface area contributed by atoms with Crippen molar-refractivity contribution in [2.75, 3.05) is 10.2 Å². The first-order valence-corrected chi connectivity index (χ1v) is 15.2. The van der Waals surface area contributed by atoms with Gasteiger partial charge in [0.25, 0.3) is 0 Å². The van der Waals surface area contributed by atoms with Gasteiger partial charge >= 0.3 is 4.87 Å². The van der Waals surface area contributed by atoms with Gasteiger partial charge in [0.2, 0.25) is 17.7 Å². The summed E-state index contributed by atoms with van der Waals surface area (Å²) < 4.78 is 2.27. The Bertz CT molecular complexity index is 1730. The molecule has 2 aliphatic heterocycles. The number of nitrogens with one attached hydrogen (secondary N) is 1. The summed E-state index contributed by atoms with van der Waals surface area (Å²) in [6, 6.07) is 22.4. The Morgan fingerprint density at radius 1 is 0.925 bits per heavy atom. The van der Waals surface area contributed by atoms with Crippen LogP contribution in [-0.2, 0) is 20.9 Å². The fourth-order valence-electron chi connectivity index (χ4n) is 5.33. The van der Waals surface area contributed by atoms with E-state index in [1.807, 2.05) is 68.4 Å². The maximum Gasteiger partial charge on any atom is 0.308 e. The SMILES string of the molecule is Cc1ccc(N2C(=O)[C@H]3[C@H](c4cccc(Br)c4)c4sc(=O)n(CC(=O)Nc5cccc(C)c5)c4S[C@H]3C2=O)cc1. The minimum Gasteiger partial charge on any atom is -0.325 e. The number of thioether (sulfide) groups is 1. The number of halogens is 1. The van der Waals surface area contributed by atoms with E-state index in [-0.39, 0.29) is 29.1 Å². The third-order valence-electron chi connectivity index (χ3n) is 7.15. The lowest BCUT2D eigenvalue weighted by molar-refractivity contribution is -0.122. The number of hydrogen-bond acceptors (Lipinski definition) is 6. The monoisotopic (exact) mass is 633 g/mol. The van der Waals surface area contributed by atoms with Crippen LogP contribution in [0.3, 0.4) is 0 Å². The predicted molar refractivity (Wildman–Crippen MR) is 161 cm³/mol. The number of carbonyl (C=O) groups excluding carboxylic acids is 3. The Morgan fingerprint density at radius 3 is 2.40 bits per heavy atom. The van der Waals surface area contributed by atoms with Crippen molar-refractivity contribution in [3.8, 4) is 0 Å². The van der Waals surface area contributed by atoms with Crippen molar-refractivity contribution in [1.82, 2.24) is 4.57 Å². The highest BCUT2D eigenvalue weighted by molar-refractivity contribution is 9.10. The van der Waals surface area contributed by atoms with Crippen LogP contribution >= 0.6 is 39.0 Å². The molecule has 3 aromatic carbocycles. The van der Waals surface area contributed by atoms with E-state index in [0.29, 0.717) is 21.3 Å². The molecule has 7 nitrogen and oxygen atoms in total. The zero-order chi connectivity index (χ0) is 28.1. The van der Waals surface area contributed by atoms with Gasteiger partial charge in [-0.2, -0.15) is 0 Å². The molecule has 202 valence electrons. The second kappa shape index (κ2) is 10.5. The van der Waals surface area contributed by atoms with Crippen molar-refractivity contribution < 1.29 is 14.4 Å². The van der Waals surface area contributed by atoms with E-state index in [0.717, 1.165) is 32.5 Å². The Balaban J connectivity index is 1.41. The number of benzene rings is 3. The molecule has 0 bridgehead atoms. The molecule has 1 N–H and O–H groups in total. The Kier molecular flexibility index (Phi) is 7.02. The highest BCUT2D eigenvalue weighted by Crippen LogP contribution is 2.54. The Hall–Kier alpha value is -3.47. The van der Waals surface area contributed by atoms with E-state index in [9.17, 15) is 19.2 Å². The molecule has 0 saturated carbocycles. The second-order valence-electron chi connectivity index (χ2n) is 9.99. The molecule has 3 atom stereocenters. The molecule has 2 aliphatic rings. The van der Waals surface area contributed by atoms with E-state index in [1.165, 1.54) is 21.2 Å². The number of imide groups is 1. The molecule has 10 heteroatoms. The first-order chi connectivity index (χ1) is 19.2. The molecule has 4 aromatic rings. The summed E-state index contributed by atoms with van der Waals surface area (Å²) in [6.07, 6.45) is 0. The molecule has 1 fully saturated rings. The Labute approximate surface area is 247 Å². The van der Waals surface area contributed by atoms with Crippen LogP contribution in [0.5, 0.6) is 0 Å². The summed E-state index contributed by atoms with van der Waals surface area (Å²) >= 11 is 5.78. The summed E-state index contributed by atoms with van der Waals surface area (Å²) in [5.41, 5.74) is 4.03. The van der Waals surface area contributed by atoms with Gasteiger partial charge in [-0.05, 0) is 61.4 Å². The third-order valence-corrected chi connectivity index (χ3v) is 10.2. The van der Waals surface area contributed by atoms with E-state index in [4.69, 9.17) is 0 Å². The number of thiazole rings is 1. The third kappa shape index (κ3) is 4.74. The normalized spacial score (nSPS) is 19.9. The Morgan fingerprint density at radius 2 is 1.68 bits per heavy atom. The van der Waals surface area contributed by atoms with Gasteiger partial charge in [-0.25, -0.2) is 4.90 Å². The smallest absolute Gasteiger partial charge is 0.308 e. The van der Waals surface area contributed by atoms with Crippen LogP contribution in [0, 0.1) is 19.8 Å². The first-order valence-electron chi connectivity index (χ1n) is 12.7.